The van der Waals surface area contributed by atoms with Gasteiger partial charge in [-0.2, -0.15) is 5.10 Å². The van der Waals surface area contributed by atoms with E-state index >= 15 is 0 Å². The number of benzene rings is 2. The molecular formula is C26H22N6O5S. The zero-order chi connectivity index (χ0) is 26.9. The van der Waals surface area contributed by atoms with Crippen molar-refractivity contribution >= 4 is 32.7 Å². The van der Waals surface area contributed by atoms with Gasteiger partial charge in [-0.1, -0.05) is 30.3 Å². The number of aromatic nitrogens is 4. The highest BCUT2D eigenvalue weighted by Crippen LogP contribution is 2.38. The Balaban J connectivity index is 1.63. The van der Waals surface area contributed by atoms with Crippen LogP contribution in [0.25, 0.3) is 22.3 Å². The van der Waals surface area contributed by atoms with Gasteiger partial charge in [0.05, 0.1) is 21.5 Å². The van der Waals surface area contributed by atoms with Gasteiger partial charge in [-0.05, 0) is 36.4 Å². The van der Waals surface area contributed by atoms with E-state index in [1.165, 1.54) is 42.2 Å². The van der Waals surface area contributed by atoms with Gasteiger partial charge in [0.15, 0.2) is 5.65 Å². The van der Waals surface area contributed by atoms with E-state index in [1.807, 2.05) is 30.3 Å². The summed E-state index contributed by atoms with van der Waals surface area (Å²) in [7, 11) is -1.18. The molecule has 3 heterocycles. The molecule has 0 aliphatic heterocycles. The van der Waals surface area contributed by atoms with Gasteiger partial charge in [0.1, 0.15) is 17.2 Å². The van der Waals surface area contributed by atoms with Crippen LogP contribution in [0.3, 0.4) is 0 Å². The molecule has 5 rings (SSSR count). The van der Waals surface area contributed by atoms with Crippen molar-refractivity contribution in [2.45, 2.75) is 4.90 Å². The minimum Gasteiger partial charge on any atom is -0.457 e. The molecule has 3 aromatic heterocycles. The van der Waals surface area contributed by atoms with Gasteiger partial charge in [0.2, 0.25) is 0 Å². The number of nitrogens with one attached hydrogen (secondary N) is 1. The number of pyridine rings is 2. The molecule has 38 heavy (non-hydrogen) atoms. The Bertz CT molecular complexity index is 1720. The molecule has 0 unspecified atom stereocenters. The average Bonchev–Trinajstić information content (AvgIpc) is 3.29. The lowest BCUT2D eigenvalue weighted by Crippen LogP contribution is -2.30. The van der Waals surface area contributed by atoms with Crippen LogP contribution in [0.1, 0.15) is 10.4 Å². The number of anilines is 1. The Morgan fingerprint density at radius 3 is 2.32 bits per heavy atom. The zero-order valence-corrected chi connectivity index (χ0v) is 21.1. The first-order chi connectivity index (χ1) is 18.3. The lowest BCUT2D eigenvalue weighted by atomic mass is 10.1. The fourth-order valence-electron chi connectivity index (χ4n) is 4.05. The van der Waals surface area contributed by atoms with E-state index in [4.69, 9.17) is 4.74 Å². The van der Waals surface area contributed by atoms with Crippen LogP contribution in [0.4, 0.5) is 5.69 Å². The second-order valence-electron chi connectivity index (χ2n) is 8.23. The van der Waals surface area contributed by atoms with Gasteiger partial charge in [-0.25, -0.2) is 23.6 Å². The molecule has 192 valence electrons. The maximum absolute atomic E-state index is 13.8. The topological polar surface area (TPSA) is 140 Å². The summed E-state index contributed by atoms with van der Waals surface area (Å²) in [5.41, 5.74) is 2.94. The third-order valence-electron chi connectivity index (χ3n) is 5.90. The molecule has 12 heteroatoms. The largest absolute Gasteiger partial charge is 0.457 e. The van der Waals surface area contributed by atoms with E-state index in [0.29, 0.717) is 33.8 Å². The van der Waals surface area contributed by atoms with Crippen molar-refractivity contribution < 1.29 is 23.2 Å². The third-order valence-corrected chi connectivity index (χ3v) is 7.67. The Morgan fingerprint density at radius 1 is 1.00 bits per heavy atom. The highest BCUT2D eigenvalue weighted by molar-refractivity contribution is 7.92. The maximum atomic E-state index is 13.8. The lowest BCUT2D eigenvalue weighted by Gasteiger charge is -2.23. The fourth-order valence-corrected chi connectivity index (χ4v) is 5.28. The van der Waals surface area contributed by atoms with Crippen LogP contribution in [-0.4, -0.2) is 46.3 Å². The molecule has 2 N–H and O–H groups in total. The van der Waals surface area contributed by atoms with Crippen molar-refractivity contribution in [3.63, 3.8) is 0 Å². The average molecular weight is 531 g/mol. The molecule has 1 amide bonds. The Kier molecular flexibility index (Phi) is 6.49. The van der Waals surface area contributed by atoms with E-state index in [2.05, 4.69) is 15.1 Å². The Hall–Kier alpha value is -4.81. The number of aryl methyl sites for hydroxylation is 1. The van der Waals surface area contributed by atoms with E-state index < -0.39 is 15.9 Å². The van der Waals surface area contributed by atoms with Crippen LogP contribution >= 0.6 is 0 Å². The number of hydroxylamine groups is 1. The normalized spacial score (nSPS) is 11.3. The smallest absolute Gasteiger partial charge is 0.278 e. The zero-order valence-electron chi connectivity index (χ0n) is 20.3. The van der Waals surface area contributed by atoms with E-state index in [0.717, 1.165) is 4.31 Å². The van der Waals surface area contributed by atoms with Gasteiger partial charge >= 0.3 is 0 Å². The van der Waals surface area contributed by atoms with E-state index in [1.54, 1.807) is 37.1 Å². The first-order valence-electron chi connectivity index (χ1n) is 11.3. The minimum atomic E-state index is -4.19. The summed E-state index contributed by atoms with van der Waals surface area (Å²) >= 11 is 0. The molecule has 0 atom stereocenters. The number of carbonyl (C=O) groups excluding carboxylic acids is 1. The summed E-state index contributed by atoms with van der Waals surface area (Å²) in [4.78, 5) is 20.9. The van der Waals surface area contributed by atoms with Gasteiger partial charge < -0.3 is 4.74 Å². The van der Waals surface area contributed by atoms with E-state index in [9.17, 15) is 18.4 Å². The number of ether oxygens (including phenoxy) is 1. The molecule has 0 saturated heterocycles. The number of hydrogen-bond donors (Lipinski definition) is 2. The summed E-state index contributed by atoms with van der Waals surface area (Å²) in [6.45, 7) is 0. The van der Waals surface area contributed by atoms with Crippen molar-refractivity contribution in [1.29, 1.82) is 0 Å². The molecule has 5 aromatic rings. The third kappa shape index (κ3) is 4.42. The Morgan fingerprint density at radius 2 is 1.66 bits per heavy atom. The van der Waals surface area contributed by atoms with Crippen LogP contribution < -0.4 is 14.5 Å². The predicted molar refractivity (Wildman–Crippen MR) is 140 cm³/mol. The standard InChI is InChI=1S/C26H22N6O5S/c1-31-25-22(23(29-31)17-6-4-3-5-7-17)24(21(16-28-25)26(33)30-34)32(2)38(35,36)20-10-8-18(9-11-20)37-19-12-14-27-15-13-19/h3-16,34H,1-2H3,(H,30,33). The van der Waals surface area contributed by atoms with Gasteiger partial charge in [0, 0.05) is 38.2 Å². The minimum absolute atomic E-state index is 0.0191. The summed E-state index contributed by atoms with van der Waals surface area (Å²) in [6, 6.07) is 18.4. The SMILES string of the molecule is CN(c1c(C(=O)NO)cnc2c1c(-c1ccccc1)nn2C)S(=O)(=O)c1ccc(Oc2ccncc2)cc1. The molecule has 0 saturated carbocycles. The highest BCUT2D eigenvalue weighted by Gasteiger charge is 2.30. The molecule has 0 radical (unpaired) electrons. The molecular weight excluding hydrogens is 508 g/mol. The van der Waals surface area contributed by atoms with Crippen molar-refractivity contribution in [2.24, 2.45) is 7.05 Å². The molecule has 0 spiro atoms. The summed E-state index contributed by atoms with van der Waals surface area (Å²) < 4.78 is 35.8. The van der Waals surface area contributed by atoms with Crippen LogP contribution in [0.5, 0.6) is 11.5 Å². The molecule has 0 bridgehead atoms. The van der Waals surface area contributed by atoms with Crippen LogP contribution in [0.15, 0.2) is 90.2 Å². The number of nitrogens with zero attached hydrogens (tertiary/aromatic N) is 5. The van der Waals surface area contributed by atoms with Crippen molar-refractivity contribution in [3.05, 3.63) is 90.9 Å². The number of sulfonamides is 1. The first-order valence-corrected chi connectivity index (χ1v) is 12.8. The van der Waals surface area contributed by atoms with Crippen molar-refractivity contribution in [1.82, 2.24) is 25.2 Å². The number of amides is 1. The number of hydrogen-bond acceptors (Lipinski definition) is 8. The maximum Gasteiger partial charge on any atom is 0.278 e. The first kappa shape index (κ1) is 24.9. The second-order valence-corrected chi connectivity index (χ2v) is 10.2. The van der Waals surface area contributed by atoms with Crippen molar-refractivity contribution in [3.8, 4) is 22.8 Å². The van der Waals surface area contributed by atoms with Gasteiger partial charge in [0.25, 0.3) is 15.9 Å². The van der Waals surface area contributed by atoms with E-state index in [-0.39, 0.29) is 16.1 Å². The van der Waals surface area contributed by atoms with Crippen LogP contribution in [0.2, 0.25) is 0 Å². The molecule has 0 aliphatic carbocycles. The highest BCUT2D eigenvalue weighted by atomic mass is 32.2. The fraction of sp³-hybridized carbons (Fsp3) is 0.0769. The van der Waals surface area contributed by atoms with Gasteiger partial charge in [-0.3, -0.25) is 19.3 Å². The molecule has 11 nitrogen and oxygen atoms in total. The van der Waals surface area contributed by atoms with Gasteiger partial charge in [-0.15, -0.1) is 0 Å². The predicted octanol–water partition coefficient (Wildman–Crippen LogP) is 3.77. The molecule has 0 aliphatic rings. The molecule has 2 aromatic carbocycles. The summed E-state index contributed by atoms with van der Waals surface area (Å²) in [5.74, 6) is 0.0695. The summed E-state index contributed by atoms with van der Waals surface area (Å²) in [6.07, 6.45) is 4.37. The number of rotatable bonds is 7. The van der Waals surface area contributed by atoms with Crippen LogP contribution in [0, 0.1) is 0 Å². The second kappa shape index (κ2) is 9.92. The number of carbonyl (C=O) groups is 1. The number of fused-ring (bicyclic) bond motifs is 1. The van der Waals surface area contributed by atoms with Crippen LogP contribution in [-0.2, 0) is 17.1 Å². The lowest BCUT2D eigenvalue weighted by molar-refractivity contribution is 0.0707. The Labute approximate surface area is 218 Å². The van der Waals surface area contributed by atoms with Crippen molar-refractivity contribution in [2.75, 3.05) is 11.4 Å². The summed E-state index contributed by atoms with van der Waals surface area (Å²) in [5, 5.41) is 14.3. The molecule has 0 fully saturated rings. The monoisotopic (exact) mass is 530 g/mol. The quantitative estimate of drug-likeness (QED) is 0.239.